The Morgan fingerprint density at radius 2 is 1.88 bits per heavy atom. The molecule has 0 saturated carbocycles. The normalized spacial score (nSPS) is 11.3. The lowest BCUT2D eigenvalue weighted by Crippen LogP contribution is -2.33. The molecule has 0 heterocycles. The number of rotatable bonds is 5. The maximum Gasteiger partial charge on any atom is 0.241 e. The van der Waals surface area contributed by atoms with E-state index < -0.39 is 34.1 Å². The standard InChI is InChI=1S/C15H13ClF2N2O3S/c1-9-6-11(3-4-12(9)16)24(22,23)19-8-15(21)20-14-5-2-10(17)7-13(14)18/h2-7,19H,8H2,1H3,(H,20,21). The Morgan fingerprint density at radius 3 is 2.50 bits per heavy atom. The van der Waals surface area contributed by atoms with E-state index >= 15 is 0 Å². The van der Waals surface area contributed by atoms with Crippen molar-refractivity contribution in [3.05, 3.63) is 58.6 Å². The first kappa shape index (κ1) is 18.3. The van der Waals surface area contributed by atoms with E-state index in [1.54, 1.807) is 6.92 Å². The van der Waals surface area contributed by atoms with Gasteiger partial charge in [-0.3, -0.25) is 4.79 Å². The number of hydrogen-bond donors (Lipinski definition) is 2. The summed E-state index contributed by atoms with van der Waals surface area (Å²) in [5.74, 6) is -2.54. The van der Waals surface area contributed by atoms with E-state index in [0.29, 0.717) is 16.7 Å². The molecule has 0 atom stereocenters. The van der Waals surface area contributed by atoms with Gasteiger partial charge in [-0.1, -0.05) is 11.6 Å². The predicted octanol–water partition coefficient (Wildman–Crippen LogP) is 2.84. The fourth-order valence-corrected chi connectivity index (χ4v) is 3.00. The van der Waals surface area contributed by atoms with Gasteiger partial charge >= 0.3 is 0 Å². The second-order valence-corrected chi connectivity index (χ2v) is 7.08. The van der Waals surface area contributed by atoms with Gasteiger partial charge in [-0.15, -0.1) is 0 Å². The summed E-state index contributed by atoms with van der Waals surface area (Å²) in [6.45, 7) is 1.03. The first-order chi connectivity index (χ1) is 11.2. The highest BCUT2D eigenvalue weighted by molar-refractivity contribution is 7.89. The third-order valence-electron chi connectivity index (χ3n) is 3.07. The quantitative estimate of drug-likeness (QED) is 0.845. The molecule has 2 rings (SSSR count). The molecule has 9 heteroatoms. The molecule has 0 spiro atoms. The zero-order valence-corrected chi connectivity index (χ0v) is 14.0. The van der Waals surface area contributed by atoms with Crippen molar-refractivity contribution in [2.24, 2.45) is 0 Å². The van der Waals surface area contributed by atoms with Crippen molar-refractivity contribution in [3.63, 3.8) is 0 Å². The van der Waals surface area contributed by atoms with E-state index in [4.69, 9.17) is 11.6 Å². The van der Waals surface area contributed by atoms with Gasteiger partial charge in [0.1, 0.15) is 11.6 Å². The van der Waals surface area contributed by atoms with Crippen LogP contribution in [0.15, 0.2) is 41.3 Å². The van der Waals surface area contributed by atoms with Gasteiger partial charge in [0.2, 0.25) is 15.9 Å². The number of aryl methyl sites for hydroxylation is 1. The second-order valence-electron chi connectivity index (χ2n) is 4.91. The summed E-state index contributed by atoms with van der Waals surface area (Å²) in [5.41, 5.74) is 0.320. The molecule has 24 heavy (non-hydrogen) atoms. The van der Waals surface area contributed by atoms with E-state index in [0.717, 1.165) is 12.1 Å². The molecule has 0 aliphatic rings. The van der Waals surface area contributed by atoms with Crippen molar-refractivity contribution >= 4 is 33.2 Å². The molecule has 0 radical (unpaired) electrons. The van der Waals surface area contributed by atoms with Crippen LogP contribution in [0.4, 0.5) is 14.5 Å². The van der Waals surface area contributed by atoms with Gasteiger partial charge in [0.05, 0.1) is 17.1 Å². The molecular weight excluding hydrogens is 362 g/mol. The first-order valence-electron chi connectivity index (χ1n) is 6.70. The summed E-state index contributed by atoms with van der Waals surface area (Å²) in [6, 6.07) is 6.71. The summed E-state index contributed by atoms with van der Waals surface area (Å²) in [5, 5.41) is 2.57. The molecule has 0 saturated heterocycles. The number of nitrogens with one attached hydrogen (secondary N) is 2. The maximum atomic E-state index is 13.4. The number of amides is 1. The topological polar surface area (TPSA) is 75.3 Å². The van der Waals surface area contributed by atoms with E-state index in [-0.39, 0.29) is 10.6 Å². The molecule has 0 unspecified atom stereocenters. The molecule has 0 fully saturated rings. The van der Waals surface area contributed by atoms with Crippen LogP contribution in [-0.2, 0) is 14.8 Å². The smallest absolute Gasteiger partial charge is 0.241 e. The summed E-state index contributed by atoms with van der Waals surface area (Å²) < 4.78 is 52.5. The molecule has 0 aliphatic carbocycles. The minimum absolute atomic E-state index is 0.0508. The Kier molecular flexibility index (Phi) is 5.53. The zero-order valence-electron chi connectivity index (χ0n) is 12.4. The average molecular weight is 375 g/mol. The highest BCUT2D eigenvalue weighted by Crippen LogP contribution is 2.19. The van der Waals surface area contributed by atoms with Gasteiger partial charge in [0.15, 0.2) is 0 Å². The van der Waals surface area contributed by atoms with Crippen LogP contribution in [0.25, 0.3) is 0 Å². The Morgan fingerprint density at radius 1 is 1.17 bits per heavy atom. The van der Waals surface area contributed by atoms with Crippen LogP contribution in [-0.4, -0.2) is 20.9 Å². The van der Waals surface area contributed by atoms with Gasteiger partial charge < -0.3 is 5.32 Å². The van der Waals surface area contributed by atoms with Crippen LogP contribution < -0.4 is 10.0 Å². The van der Waals surface area contributed by atoms with Crippen LogP contribution in [0.1, 0.15) is 5.56 Å². The summed E-state index contributed by atoms with van der Waals surface area (Å²) in [7, 11) is -3.93. The Labute approximate surface area is 142 Å². The SMILES string of the molecule is Cc1cc(S(=O)(=O)NCC(=O)Nc2ccc(F)cc2F)ccc1Cl. The van der Waals surface area contributed by atoms with Gasteiger partial charge in [-0.05, 0) is 42.8 Å². The molecule has 5 nitrogen and oxygen atoms in total. The van der Waals surface area contributed by atoms with Crippen LogP contribution in [0, 0.1) is 18.6 Å². The molecule has 2 aromatic rings. The van der Waals surface area contributed by atoms with Crippen LogP contribution in [0.5, 0.6) is 0 Å². The number of halogens is 3. The molecule has 128 valence electrons. The van der Waals surface area contributed by atoms with Crippen molar-refractivity contribution in [1.82, 2.24) is 4.72 Å². The molecular formula is C15H13ClF2N2O3S. The lowest BCUT2D eigenvalue weighted by molar-refractivity contribution is -0.115. The fourth-order valence-electron chi connectivity index (χ4n) is 1.81. The van der Waals surface area contributed by atoms with Gasteiger partial charge in [0, 0.05) is 11.1 Å². The largest absolute Gasteiger partial charge is 0.322 e. The number of sulfonamides is 1. The minimum Gasteiger partial charge on any atom is -0.322 e. The van der Waals surface area contributed by atoms with Crippen molar-refractivity contribution < 1.29 is 22.0 Å². The Bertz CT molecular complexity index is 888. The predicted molar refractivity (Wildman–Crippen MR) is 86.4 cm³/mol. The summed E-state index contributed by atoms with van der Waals surface area (Å²) >= 11 is 5.83. The molecule has 2 aromatic carbocycles. The van der Waals surface area contributed by atoms with Gasteiger partial charge in [-0.25, -0.2) is 21.9 Å². The van der Waals surface area contributed by atoms with Gasteiger partial charge in [-0.2, -0.15) is 0 Å². The number of hydrogen-bond acceptors (Lipinski definition) is 3. The van der Waals surface area contributed by atoms with Gasteiger partial charge in [0.25, 0.3) is 0 Å². The molecule has 0 aliphatic heterocycles. The average Bonchev–Trinajstić information content (AvgIpc) is 2.51. The van der Waals surface area contributed by atoms with E-state index in [2.05, 4.69) is 10.0 Å². The fraction of sp³-hybridized carbons (Fsp3) is 0.133. The van der Waals surface area contributed by atoms with Crippen LogP contribution in [0.3, 0.4) is 0 Å². The van der Waals surface area contributed by atoms with Crippen molar-refractivity contribution in [2.45, 2.75) is 11.8 Å². The monoisotopic (exact) mass is 374 g/mol. The lowest BCUT2D eigenvalue weighted by Gasteiger charge is -2.09. The highest BCUT2D eigenvalue weighted by Gasteiger charge is 2.17. The van der Waals surface area contributed by atoms with E-state index in [1.807, 2.05) is 0 Å². The van der Waals surface area contributed by atoms with Crippen LogP contribution >= 0.6 is 11.6 Å². The van der Waals surface area contributed by atoms with Crippen molar-refractivity contribution in [1.29, 1.82) is 0 Å². The first-order valence-corrected chi connectivity index (χ1v) is 8.56. The number of carbonyl (C=O) groups is 1. The summed E-state index contributed by atoms with van der Waals surface area (Å²) in [6.07, 6.45) is 0. The lowest BCUT2D eigenvalue weighted by atomic mass is 10.2. The maximum absolute atomic E-state index is 13.4. The van der Waals surface area contributed by atoms with Crippen molar-refractivity contribution in [2.75, 3.05) is 11.9 Å². The highest BCUT2D eigenvalue weighted by atomic mass is 35.5. The molecule has 1 amide bonds. The molecule has 0 bridgehead atoms. The summed E-state index contributed by atoms with van der Waals surface area (Å²) in [4.78, 5) is 11.7. The number of carbonyl (C=O) groups excluding carboxylic acids is 1. The van der Waals surface area contributed by atoms with E-state index in [9.17, 15) is 22.0 Å². The minimum atomic E-state index is -3.93. The second kappa shape index (κ2) is 7.25. The Hall–Kier alpha value is -2.03. The molecule has 2 N–H and O–H groups in total. The zero-order chi connectivity index (χ0) is 17.9. The third-order valence-corrected chi connectivity index (χ3v) is 4.89. The van der Waals surface area contributed by atoms with Crippen LogP contribution in [0.2, 0.25) is 5.02 Å². The Balaban J connectivity index is 2.03. The third kappa shape index (κ3) is 4.50. The number of benzene rings is 2. The van der Waals surface area contributed by atoms with Crippen molar-refractivity contribution in [3.8, 4) is 0 Å². The number of anilines is 1. The molecule has 0 aromatic heterocycles. The van der Waals surface area contributed by atoms with E-state index in [1.165, 1.54) is 18.2 Å².